The van der Waals surface area contributed by atoms with Gasteiger partial charge in [0.05, 0.1) is 23.5 Å². The SMILES string of the molecule is CCN(CC(F)(F)F)c1cnc(C(C)C)nc1CCl. The second-order valence-corrected chi connectivity index (χ2v) is 4.75. The maximum atomic E-state index is 12.5. The number of halogens is 4. The van der Waals surface area contributed by atoms with Crippen LogP contribution in [-0.4, -0.2) is 29.2 Å². The van der Waals surface area contributed by atoms with Gasteiger partial charge in [0.15, 0.2) is 0 Å². The predicted octanol–water partition coefficient (Wildman–Crippen LogP) is 3.73. The van der Waals surface area contributed by atoms with E-state index in [9.17, 15) is 13.2 Å². The van der Waals surface area contributed by atoms with E-state index in [2.05, 4.69) is 9.97 Å². The fourth-order valence-corrected chi connectivity index (χ4v) is 1.85. The Balaban J connectivity index is 3.10. The number of hydrogen-bond donors (Lipinski definition) is 0. The molecule has 0 aromatic carbocycles. The van der Waals surface area contributed by atoms with Gasteiger partial charge in [0.25, 0.3) is 0 Å². The average Bonchev–Trinajstić information content (AvgIpc) is 2.34. The molecule has 7 heteroatoms. The van der Waals surface area contributed by atoms with Gasteiger partial charge < -0.3 is 4.90 Å². The van der Waals surface area contributed by atoms with Crippen LogP contribution in [0.1, 0.15) is 38.2 Å². The third-order valence-electron chi connectivity index (χ3n) is 2.60. The number of rotatable bonds is 5. The van der Waals surface area contributed by atoms with Crippen molar-refractivity contribution in [3.63, 3.8) is 0 Å². The topological polar surface area (TPSA) is 29.0 Å². The fourth-order valence-electron chi connectivity index (χ4n) is 1.65. The van der Waals surface area contributed by atoms with Crippen molar-refractivity contribution in [1.82, 2.24) is 9.97 Å². The summed E-state index contributed by atoms with van der Waals surface area (Å²) in [4.78, 5) is 9.53. The molecule has 1 aromatic heterocycles. The van der Waals surface area contributed by atoms with Gasteiger partial charge in [0, 0.05) is 12.5 Å². The molecule has 108 valence electrons. The van der Waals surface area contributed by atoms with Crippen LogP contribution in [0.2, 0.25) is 0 Å². The standard InChI is InChI=1S/C12H17ClF3N3/c1-4-19(7-12(14,15)16)10-6-17-11(8(2)3)18-9(10)5-13/h6,8H,4-5,7H2,1-3H3. The molecule has 0 aliphatic carbocycles. The molecule has 0 saturated carbocycles. The quantitative estimate of drug-likeness (QED) is 0.775. The van der Waals surface area contributed by atoms with Crippen LogP contribution in [0.5, 0.6) is 0 Å². The Bertz CT molecular complexity index is 421. The third-order valence-corrected chi connectivity index (χ3v) is 2.85. The van der Waals surface area contributed by atoms with Crippen molar-refractivity contribution >= 4 is 17.3 Å². The molecular weight excluding hydrogens is 279 g/mol. The number of anilines is 1. The van der Waals surface area contributed by atoms with E-state index in [4.69, 9.17) is 11.6 Å². The van der Waals surface area contributed by atoms with Crippen molar-refractivity contribution in [2.45, 2.75) is 38.7 Å². The van der Waals surface area contributed by atoms with Crippen molar-refractivity contribution in [1.29, 1.82) is 0 Å². The summed E-state index contributed by atoms with van der Waals surface area (Å²) in [6.07, 6.45) is -2.84. The van der Waals surface area contributed by atoms with Crippen LogP contribution in [0, 0.1) is 0 Å². The highest BCUT2D eigenvalue weighted by molar-refractivity contribution is 6.17. The summed E-state index contributed by atoms with van der Waals surface area (Å²) in [5.41, 5.74) is 0.783. The highest BCUT2D eigenvalue weighted by Gasteiger charge is 2.31. The van der Waals surface area contributed by atoms with Crippen molar-refractivity contribution in [3.05, 3.63) is 17.7 Å². The van der Waals surface area contributed by atoms with Crippen molar-refractivity contribution in [2.75, 3.05) is 18.0 Å². The van der Waals surface area contributed by atoms with Gasteiger partial charge >= 0.3 is 6.18 Å². The summed E-state index contributed by atoms with van der Waals surface area (Å²) in [6.45, 7) is 4.67. The molecule has 0 N–H and O–H groups in total. The van der Waals surface area contributed by atoms with E-state index in [-0.39, 0.29) is 18.3 Å². The van der Waals surface area contributed by atoms with E-state index in [1.807, 2.05) is 13.8 Å². The molecule has 1 rings (SSSR count). The van der Waals surface area contributed by atoms with Crippen molar-refractivity contribution in [3.8, 4) is 0 Å². The summed E-state index contributed by atoms with van der Waals surface area (Å²) in [5.74, 6) is 0.752. The first-order valence-corrected chi connectivity index (χ1v) is 6.55. The lowest BCUT2D eigenvalue weighted by Crippen LogP contribution is -2.35. The summed E-state index contributed by atoms with van der Waals surface area (Å²) in [6, 6.07) is 0. The van der Waals surface area contributed by atoms with E-state index in [1.165, 1.54) is 11.1 Å². The van der Waals surface area contributed by atoms with Gasteiger partial charge in [-0.3, -0.25) is 0 Å². The van der Waals surface area contributed by atoms with Crippen LogP contribution in [0.4, 0.5) is 18.9 Å². The van der Waals surface area contributed by atoms with Gasteiger partial charge in [-0.05, 0) is 6.92 Å². The zero-order chi connectivity index (χ0) is 14.6. The predicted molar refractivity (Wildman–Crippen MR) is 69.6 cm³/mol. The molecule has 0 spiro atoms. The first-order valence-electron chi connectivity index (χ1n) is 6.02. The number of nitrogens with zero attached hydrogens (tertiary/aromatic N) is 3. The second-order valence-electron chi connectivity index (χ2n) is 4.48. The Labute approximate surface area is 115 Å². The van der Waals surface area contributed by atoms with Gasteiger partial charge in [0.2, 0.25) is 0 Å². The highest BCUT2D eigenvalue weighted by Crippen LogP contribution is 2.25. The lowest BCUT2D eigenvalue weighted by Gasteiger charge is -2.25. The van der Waals surface area contributed by atoms with Crippen LogP contribution in [-0.2, 0) is 5.88 Å². The number of alkyl halides is 4. The van der Waals surface area contributed by atoms with E-state index in [0.717, 1.165) is 0 Å². The summed E-state index contributed by atoms with van der Waals surface area (Å²) in [7, 11) is 0. The molecule has 0 aliphatic heterocycles. The van der Waals surface area contributed by atoms with Crippen molar-refractivity contribution in [2.24, 2.45) is 0 Å². The minimum absolute atomic E-state index is 0.0614. The van der Waals surface area contributed by atoms with E-state index >= 15 is 0 Å². The van der Waals surface area contributed by atoms with Crippen LogP contribution < -0.4 is 4.90 Å². The molecular formula is C12H17ClF3N3. The van der Waals surface area contributed by atoms with Gasteiger partial charge in [-0.1, -0.05) is 13.8 Å². The van der Waals surface area contributed by atoms with Crippen LogP contribution >= 0.6 is 11.6 Å². The highest BCUT2D eigenvalue weighted by atomic mass is 35.5. The molecule has 0 saturated heterocycles. The van der Waals surface area contributed by atoms with Gasteiger partial charge in [0.1, 0.15) is 12.4 Å². The molecule has 1 aromatic rings. The monoisotopic (exact) mass is 295 g/mol. The van der Waals surface area contributed by atoms with E-state index in [0.29, 0.717) is 17.2 Å². The normalized spacial score (nSPS) is 12.0. The lowest BCUT2D eigenvalue weighted by atomic mass is 10.2. The Morgan fingerprint density at radius 1 is 1.37 bits per heavy atom. The maximum Gasteiger partial charge on any atom is 0.405 e. The molecule has 0 amide bonds. The fraction of sp³-hybridized carbons (Fsp3) is 0.667. The zero-order valence-electron chi connectivity index (χ0n) is 11.1. The van der Waals surface area contributed by atoms with Gasteiger partial charge in [-0.15, -0.1) is 11.6 Å². The van der Waals surface area contributed by atoms with E-state index in [1.54, 1.807) is 6.92 Å². The molecule has 3 nitrogen and oxygen atoms in total. The maximum absolute atomic E-state index is 12.5. The summed E-state index contributed by atoms with van der Waals surface area (Å²) < 4.78 is 37.5. The Morgan fingerprint density at radius 2 is 2.00 bits per heavy atom. The average molecular weight is 296 g/mol. The Morgan fingerprint density at radius 3 is 2.42 bits per heavy atom. The minimum atomic E-state index is -4.27. The Kier molecular flexibility index (Phi) is 5.40. The smallest absolute Gasteiger partial charge is 0.360 e. The summed E-state index contributed by atoms with van der Waals surface area (Å²) >= 11 is 5.78. The molecule has 0 bridgehead atoms. The molecule has 0 unspecified atom stereocenters. The minimum Gasteiger partial charge on any atom is -0.360 e. The second kappa shape index (κ2) is 6.41. The van der Waals surface area contributed by atoms with Crippen LogP contribution in [0.15, 0.2) is 6.20 Å². The number of hydrogen-bond acceptors (Lipinski definition) is 3. The largest absolute Gasteiger partial charge is 0.405 e. The van der Waals surface area contributed by atoms with Crippen LogP contribution in [0.3, 0.4) is 0 Å². The summed E-state index contributed by atoms with van der Waals surface area (Å²) in [5, 5.41) is 0. The molecule has 0 radical (unpaired) electrons. The van der Waals surface area contributed by atoms with E-state index < -0.39 is 12.7 Å². The van der Waals surface area contributed by atoms with Gasteiger partial charge in [-0.2, -0.15) is 13.2 Å². The van der Waals surface area contributed by atoms with Gasteiger partial charge in [-0.25, -0.2) is 9.97 Å². The first-order chi connectivity index (χ1) is 8.78. The third kappa shape index (κ3) is 4.53. The number of aromatic nitrogens is 2. The van der Waals surface area contributed by atoms with Crippen LogP contribution in [0.25, 0.3) is 0 Å². The molecule has 0 aliphatic rings. The first kappa shape index (κ1) is 16.0. The molecule has 0 fully saturated rings. The van der Waals surface area contributed by atoms with Crippen molar-refractivity contribution < 1.29 is 13.2 Å². The lowest BCUT2D eigenvalue weighted by molar-refractivity contribution is -0.119. The molecule has 0 atom stereocenters. The molecule has 19 heavy (non-hydrogen) atoms. The molecule has 1 heterocycles. The zero-order valence-corrected chi connectivity index (χ0v) is 11.9. The Hall–Kier alpha value is -1.04.